The number of furan rings is 1. The smallest absolute Gasteiger partial charge is 0.176 e. The molecular weight excluding hydrogens is 256 g/mol. The second-order valence-corrected chi connectivity index (χ2v) is 4.52. The molecule has 2 aromatic rings. The van der Waals surface area contributed by atoms with E-state index in [-0.39, 0.29) is 10.6 Å². The predicted octanol–water partition coefficient (Wildman–Crippen LogP) is 3.79. The van der Waals surface area contributed by atoms with Gasteiger partial charge in [-0.15, -0.1) is 0 Å². The maximum atomic E-state index is 11.9. The second kappa shape index (κ2) is 4.19. The normalized spacial score (nSPS) is 12.9. The van der Waals surface area contributed by atoms with Crippen LogP contribution in [0.3, 0.4) is 0 Å². The van der Waals surface area contributed by atoms with Gasteiger partial charge in [0.2, 0.25) is 0 Å². The highest BCUT2D eigenvalue weighted by molar-refractivity contribution is 9.10. The lowest BCUT2D eigenvalue weighted by Gasteiger charge is -2.05. The fourth-order valence-corrected chi connectivity index (χ4v) is 1.74. The summed E-state index contributed by atoms with van der Waals surface area (Å²) in [5.74, 6) is 0.107. The summed E-state index contributed by atoms with van der Waals surface area (Å²) in [5, 5.41) is 1.02. The molecule has 0 bridgehead atoms. The van der Waals surface area contributed by atoms with Crippen LogP contribution in [0.2, 0.25) is 0 Å². The second-order valence-electron chi connectivity index (χ2n) is 3.41. The summed E-state index contributed by atoms with van der Waals surface area (Å²) >= 11 is 3.35. The third kappa shape index (κ3) is 1.97. The molecule has 1 aromatic heterocycles. The van der Waals surface area contributed by atoms with Gasteiger partial charge in [0.05, 0.1) is 11.1 Å². The zero-order chi connectivity index (χ0) is 10.8. The van der Waals surface area contributed by atoms with E-state index in [1.54, 1.807) is 12.3 Å². The van der Waals surface area contributed by atoms with Gasteiger partial charge in [0.25, 0.3) is 0 Å². The van der Waals surface area contributed by atoms with Crippen molar-refractivity contribution in [1.82, 2.24) is 0 Å². The predicted molar refractivity (Wildman–Crippen MR) is 63.6 cm³/mol. The van der Waals surface area contributed by atoms with Crippen molar-refractivity contribution in [3.05, 3.63) is 36.1 Å². The van der Waals surface area contributed by atoms with E-state index in [9.17, 15) is 4.79 Å². The summed E-state index contributed by atoms with van der Waals surface area (Å²) in [6.07, 6.45) is 2.42. The highest BCUT2D eigenvalue weighted by Crippen LogP contribution is 2.20. The average Bonchev–Trinajstić information content (AvgIpc) is 2.73. The number of hydrogen-bond donors (Lipinski definition) is 0. The minimum absolute atomic E-state index is 0.107. The van der Waals surface area contributed by atoms with Crippen LogP contribution in [0.25, 0.3) is 11.0 Å². The van der Waals surface area contributed by atoms with Crippen LogP contribution < -0.4 is 0 Å². The molecule has 0 unspecified atom stereocenters. The Morgan fingerprint density at radius 2 is 2.27 bits per heavy atom. The number of ketones is 1. The molecule has 1 atom stereocenters. The first-order chi connectivity index (χ1) is 7.22. The molecule has 0 saturated heterocycles. The van der Waals surface area contributed by atoms with Gasteiger partial charge in [-0.25, -0.2) is 0 Å². The van der Waals surface area contributed by atoms with E-state index in [4.69, 9.17) is 4.42 Å². The first kappa shape index (κ1) is 10.4. The summed E-state index contributed by atoms with van der Waals surface area (Å²) in [7, 11) is 0. The van der Waals surface area contributed by atoms with Crippen LogP contribution in [0.5, 0.6) is 0 Å². The first-order valence-electron chi connectivity index (χ1n) is 4.88. The quantitative estimate of drug-likeness (QED) is 0.625. The fourth-order valence-electron chi connectivity index (χ4n) is 1.47. The number of Topliss-reactive ketones (excluding diaryl/α,β-unsaturated/α-hetero) is 1. The van der Waals surface area contributed by atoms with Gasteiger partial charge in [0.1, 0.15) is 5.58 Å². The van der Waals surface area contributed by atoms with Crippen LogP contribution in [-0.4, -0.2) is 10.6 Å². The molecule has 0 aliphatic rings. The molecule has 1 heterocycles. The van der Waals surface area contributed by atoms with Gasteiger partial charge < -0.3 is 4.42 Å². The van der Waals surface area contributed by atoms with E-state index in [1.165, 1.54) is 0 Å². The zero-order valence-corrected chi connectivity index (χ0v) is 9.95. The van der Waals surface area contributed by atoms with Gasteiger partial charge in [-0.05, 0) is 18.6 Å². The number of hydrogen-bond acceptors (Lipinski definition) is 2. The van der Waals surface area contributed by atoms with E-state index >= 15 is 0 Å². The molecule has 0 radical (unpaired) electrons. The third-order valence-electron chi connectivity index (χ3n) is 2.38. The minimum atomic E-state index is -0.107. The molecule has 0 spiro atoms. The van der Waals surface area contributed by atoms with E-state index in [2.05, 4.69) is 15.9 Å². The number of carbonyl (C=O) groups is 1. The Balaban J connectivity index is 2.39. The molecule has 0 aliphatic heterocycles. The summed E-state index contributed by atoms with van der Waals surface area (Å²) < 4.78 is 5.25. The maximum Gasteiger partial charge on any atom is 0.176 e. The van der Waals surface area contributed by atoms with Gasteiger partial charge in [-0.1, -0.05) is 35.0 Å². The van der Waals surface area contributed by atoms with Crippen molar-refractivity contribution in [3.8, 4) is 0 Å². The number of halogens is 1. The van der Waals surface area contributed by atoms with Crippen LogP contribution in [0.4, 0.5) is 0 Å². The molecular formula is C12H11BrO2. The lowest BCUT2D eigenvalue weighted by molar-refractivity contribution is 0.0990. The highest BCUT2D eigenvalue weighted by Gasteiger charge is 2.15. The van der Waals surface area contributed by atoms with E-state index < -0.39 is 0 Å². The zero-order valence-electron chi connectivity index (χ0n) is 8.37. The van der Waals surface area contributed by atoms with Crippen molar-refractivity contribution in [2.75, 3.05) is 0 Å². The molecule has 1 aromatic carbocycles. The summed E-state index contributed by atoms with van der Waals surface area (Å²) in [4.78, 5) is 11.7. The average molecular weight is 267 g/mol. The molecule has 78 valence electrons. The van der Waals surface area contributed by atoms with E-state index in [0.717, 1.165) is 17.4 Å². The number of benzene rings is 1. The molecule has 2 rings (SSSR count). The SMILES string of the molecule is CC[C@H](Br)C(=O)c1ccc2ccoc2c1. The number of fused-ring (bicyclic) bond motifs is 1. The largest absolute Gasteiger partial charge is 0.464 e. The Kier molecular flexibility index (Phi) is 2.91. The van der Waals surface area contributed by atoms with Gasteiger partial charge in [0.15, 0.2) is 5.78 Å². The lowest BCUT2D eigenvalue weighted by Crippen LogP contribution is -2.12. The first-order valence-corrected chi connectivity index (χ1v) is 5.79. The topological polar surface area (TPSA) is 30.2 Å². The standard InChI is InChI=1S/C12H11BrO2/c1-2-10(13)12(14)9-4-3-8-5-6-15-11(8)7-9/h3-7,10H,2H2,1H3/t10-/m0/s1. The molecule has 0 saturated carbocycles. The van der Waals surface area contributed by atoms with Gasteiger partial charge in [-0.3, -0.25) is 4.79 Å². The molecule has 0 aliphatic carbocycles. The summed E-state index contributed by atoms with van der Waals surface area (Å²) in [6.45, 7) is 1.97. The van der Waals surface area contributed by atoms with Crippen LogP contribution in [0, 0.1) is 0 Å². The van der Waals surface area contributed by atoms with Gasteiger partial charge in [0, 0.05) is 10.9 Å². The fraction of sp³-hybridized carbons (Fsp3) is 0.250. The van der Waals surface area contributed by atoms with Crippen molar-refractivity contribution < 1.29 is 9.21 Å². The van der Waals surface area contributed by atoms with Gasteiger partial charge >= 0.3 is 0 Å². The third-order valence-corrected chi connectivity index (χ3v) is 3.45. The van der Waals surface area contributed by atoms with Crippen molar-refractivity contribution in [1.29, 1.82) is 0 Å². The monoisotopic (exact) mass is 266 g/mol. The van der Waals surface area contributed by atoms with Crippen molar-refractivity contribution in [2.45, 2.75) is 18.2 Å². The Morgan fingerprint density at radius 3 is 3.00 bits per heavy atom. The number of rotatable bonds is 3. The molecule has 0 fully saturated rings. The van der Waals surface area contributed by atoms with Crippen molar-refractivity contribution in [3.63, 3.8) is 0 Å². The van der Waals surface area contributed by atoms with Crippen molar-refractivity contribution in [2.24, 2.45) is 0 Å². The van der Waals surface area contributed by atoms with E-state index in [0.29, 0.717) is 5.56 Å². The highest BCUT2D eigenvalue weighted by atomic mass is 79.9. The Bertz CT molecular complexity index is 487. The van der Waals surface area contributed by atoms with Crippen LogP contribution in [0.15, 0.2) is 34.9 Å². The lowest BCUT2D eigenvalue weighted by atomic mass is 10.1. The van der Waals surface area contributed by atoms with Crippen LogP contribution in [0.1, 0.15) is 23.7 Å². The molecule has 3 heteroatoms. The maximum absolute atomic E-state index is 11.9. The number of alkyl halides is 1. The molecule has 0 amide bonds. The summed E-state index contributed by atoms with van der Waals surface area (Å²) in [5.41, 5.74) is 1.46. The minimum Gasteiger partial charge on any atom is -0.464 e. The molecule has 2 nitrogen and oxygen atoms in total. The van der Waals surface area contributed by atoms with E-state index in [1.807, 2.05) is 25.1 Å². The van der Waals surface area contributed by atoms with Crippen LogP contribution >= 0.6 is 15.9 Å². The summed E-state index contributed by atoms with van der Waals surface area (Å²) in [6, 6.07) is 7.42. The van der Waals surface area contributed by atoms with Crippen molar-refractivity contribution >= 4 is 32.7 Å². The Morgan fingerprint density at radius 1 is 1.47 bits per heavy atom. The Hall–Kier alpha value is -1.09. The Labute approximate surface area is 96.4 Å². The van der Waals surface area contributed by atoms with Gasteiger partial charge in [-0.2, -0.15) is 0 Å². The molecule has 15 heavy (non-hydrogen) atoms. The van der Waals surface area contributed by atoms with Crippen LogP contribution in [-0.2, 0) is 0 Å². The number of carbonyl (C=O) groups excluding carboxylic acids is 1. The molecule has 0 N–H and O–H groups in total.